The number of para-hydroxylation sites is 1. The molecule has 1 aromatic heterocycles. The van der Waals surface area contributed by atoms with Gasteiger partial charge in [-0.3, -0.25) is 4.79 Å². The van der Waals surface area contributed by atoms with E-state index in [0.29, 0.717) is 12.8 Å². The van der Waals surface area contributed by atoms with Crippen molar-refractivity contribution in [2.75, 3.05) is 12.4 Å². The van der Waals surface area contributed by atoms with E-state index in [2.05, 4.69) is 10.3 Å². The molecule has 0 radical (unpaired) electrons. The molecule has 1 heterocycles. The Morgan fingerprint density at radius 1 is 1.17 bits per heavy atom. The predicted molar refractivity (Wildman–Crippen MR) is 97.5 cm³/mol. The number of aryl methyl sites for hydroxylation is 1. The lowest BCUT2D eigenvalue weighted by Gasteiger charge is -2.03. The third-order valence-corrected chi connectivity index (χ3v) is 4.47. The van der Waals surface area contributed by atoms with Crippen LogP contribution in [0.5, 0.6) is 5.75 Å². The normalized spacial score (nSPS) is 10.4. The van der Waals surface area contributed by atoms with Crippen molar-refractivity contribution in [3.05, 3.63) is 65.7 Å². The molecule has 0 fully saturated rings. The average Bonchev–Trinajstić information content (AvgIpc) is 3.10. The van der Waals surface area contributed by atoms with Gasteiger partial charge in [-0.2, -0.15) is 0 Å². The van der Waals surface area contributed by atoms with Crippen molar-refractivity contribution in [3.8, 4) is 16.3 Å². The molecule has 0 bridgehead atoms. The third kappa shape index (κ3) is 4.20. The Hall–Kier alpha value is -2.66. The summed E-state index contributed by atoms with van der Waals surface area (Å²) in [5, 5.41) is 5.83. The smallest absolute Gasteiger partial charge is 0.224 e. The number of aromatic nitrogens is 1. The molecule has 2 aromatic carbocycles. The number of ether oxygens (including phenoxy) is 1. The van der Waals surface area contributed by atoms with E-state index in [9.17, 15) is 4.79 Å². The Morgan fingerprint density at radius 2 is 2.00 bits per heavy atom. The van der Waals surface area contributed by atoms with Crippen LogP contribution in [0.4, 0.5) is 5.69 Å². The van der Waals surface area contributed by atoms with Gasteiger partial charge < -0.3 is 10.1 Å². The number of hydrogen-bond acceptors (Lipinski definition) is 4. The first-order valence-electron chi connectivity index (χ1n) is 7.68. The molecule has 24 heavy (non-hydrogen) atoms. The molecule has 0 aliphatic rings. The minimum atomic E-state index is -0.00266. The first-order chi connectivity index (χ1) is 11.7. The lowest BCUT2D eigenvalue weighted by molar-refractivity contribution is -0.116. The fourth-order valence-electron chi connectivity index (χ4n) is 2.30. The van der Waals surface area contributed by atoms with E-state index in [1.807, 2.05) is 60.0 Å². The van der Waals surface area contributed by atoms with Crippen molar-refractivity contribution in [3.63, 3.8) is 0 Å². The Labute approximate surface area is 145 Å². The van der Waals surface area contributed by atoms with E-state index in [1.54, 1.807) is 18.4 Å². The van der Waals surface area contributed by atoms with Gasteiger partial charge in [-0.05, 0) is 30.7 Å². The number of thiazole rings is 1. The highest BCUT2D eigenvalue weighted by atomic mass is 32.1. The Balaban J connectivity index is 1.59. The maximum absolute atomic E-state index is 12.0. The summed E-state index contributed by atoms with van der Waals surface area (Å²) in [4.78, 5) is 16.6. The molecule has 5 heteroatoms. The van der Waals surface area contributed by atoms with E-state index in [1.165, 1.54) is 0 Å². The third-order valence-electron chi connectivity index (χ3n) is 3.53. The van der Waals surface area contributed by atoms with E-state index in [-0.39, 0.29) is 5.91 Å². The summed E-state index contributed by atoms with van der Waals surface area (Å²) in [5.41, 5.74) is 2.78. The summed E-state index contributed by atoms with van der Waals surface area (Å²) in [6.45, 7) is 0. The van der Waals surface area contributed by atoms with E-state index in [0.717, 1.165) is 27.7 Å². The number of hydrogen-bond donors (Lipinski definition) is 1. The number of amides is 1. The first-order valence-corrected chi connectivity index (χ1v) is 8.56. The fourth-order valence-corrected chi connectivity index (χ4v) is 3.15. The SMILES string of the molecule is COc1cccc(-c2nc(CCC(=O)Nc3ccccc3)cs2)c1. The number of nitrogens with one attached hydrogen (secondary N) is 1. The Kier molecular flexibility index (Phi) is 5.23. The quantitative estimate of drug-likeness (QED) is 0.725. The van der Waals surface area contributed by atoms with E-state index in [4.69, 9.17) is 4.74 Å². The van der Waals surface area contributed by atoms with Gasteiger partial charge in [0.15, 0.2) is 0 Å². The number of rotatable bonds is 6. The molecule has 0 unspecified atom stereocenters. The van der Waals surface area contributed by atoms with Gasteiger partial charge in [0, 0.05) is 23.1 Å². The largest absolute Gasteiger partial charge is 0.497 e. The summed E-state index contributed by atoms with van der Waals surface area (Å²) in [6, 6.07) is 17.3. The van der Waals surface area contributed by atoms with Crippen LogP contribution in [0.2, 0.25) is 0 Å². The van der Waals surface area contributed by atoms with Gasteiger partial charge in [0.2, 0.25) is 5.91 Å². The van der Waals surface area contributed by atoms with Gasteiger partial charge in [-0.15, -0.1) is 11.3 Å². The minimum Gasteiger partial charge on any atom is -0.497 e. The molecule has 3 aromatic rings. The standard InChI is InChI=1S/C19H18N2O2S/c1-23-17-9-5-6-14(12-17)19-21-16(13-24-19)10-11-18(22)20-15-7-3-2-4-8-15/h2-9,12-13H,10-11H2,1H3,(H,20,22). The first kappa shape index (κ1) is 16.2. The van der Waals surface area contributed by atoms with Crippen molar-refractivity contribution in [1.82, 2.24) is 4.98 Å². The lowest BCUT2D eigenvalue weighted by Crippen LogP contribution is -2.12. The van der Waals surface area contributed by atoms with Crippen LogP contribution in [0.3, 0.4) is 0 Å². The summed E-state index contributed by atoms with van der Waals surface area (Å²) in [6.07, 6.45) is 1.04. The molecule has 3 rings (SSSR count). The average molecular weight is 338 g/mol. The zero-order chi connectivity index (χ0) is 16.8. The summed E-state index contributed by atoms with van der Waals surface area (Å²) in [7, 11) is 1.65. The fraction of sp³-hybridized carbons (Fsp3) is 0.158. The van der Waals surface area contributed by atoms with Crippen LogP contribution >= 0.6 is 11.3 Å². The number of anilines is 1. The molecule has 0 atom stereocenters. The van der Waals surface area contributed by atoms with Crippen molar-refractivity contribution >= 4 is 22.9 Å². The molecule has 1 amide bonds. The molecular formula is C19H18N2O2S. The van der Waals surface area contributed by atoms with Crippen LogP contribution in [0.15, 0.2) is 60.0 Å². The van der Waals surface area contributed by atoms with Crippen LogP contribution < -0.4 is 10.1 Å². The predicted octanol–water partition coefficient (Wildman–Crippen LogP) is 4.39. The molecule has 122 valence electrons. The second kappa shape index (κ2) is 7.75. The number of methoxy groups -OCH3 is 1. The topological polar surface area (TPSA) is 51.2 Å². The van der Waals surface area contributed by atoms with Crippen LogP contribution in [0.1, 0.15) is 12.1 Å². The summed E-state index contributed by atoms with van der Waals surface area (Å²) >= 11 is 1.58. The van der Waals surface area contributed by atoms with Crippen LogP contribution in [-0.4, -0.2) is 18.0 Å². The second-order valence-electron chi connectivity index (χ2n) is 5.29. The molecular weight excluding hydrogens is 320 g/mol. The highest BCUT2D eigenvalue weighted by Gasteiger charge is 2.08. The molecule has 0 saturated heterocycles. The zero-order valence-corrected chi connectivity index (χ0v) is 14.2. The maximum atomic E-state index is 12.0. The van der Waals surface area contributed by atoms with Crippen molar-refractivity contribution in [2.24, 2.45) is 0 Å². The van der Waals surface area contributed by atoms with Gasteiger partial charge in [-0.25, -0.2) is 4.98 Å². The van der Waals surface area contributed by atoms with Gasteiger partial charge in [0.25, 0.3) is 0 Å². The monoisotopic (exact) mass is 338 g/mol. The molecule has 4 nitrogen and oxygen atoms in total. The summed E-state index contributed by atoms with van der Waals surface area (Å²) in [5.74, 6) is 0.809. The van der Waals surface area contributed by atoms with Crippen LogP contribution in [0, 0.1) is 0 Å². The highest BCUT2D eigenvalue weighted by molar-refractivity contribution is 7.13. The molecule has 1 N–H and O–H groups in total. The minimum absolute atomic E-state index is 0.00266. The Bertz CT molecular complexity index is 815. The zero-order valence-electron chi connectivity index (χ0n) is 13.4. The van der Waals surface area contributed by atoms with E-state index < -0.39 is 0 Å². The number of carbonyl (C=O) groups excluding carboxylic acids is 1. The van der Waals surface area contributed by atoms with Crippen LogP contribution in [0.25, 0.3) is 10.6 Å². The van der Waals surface area contributed by atoms with E-state index >= 15 is 0 Å². The molecule has 0 saturated carbocycles. The molecule has 0 aliphatic carbocycles. The van der Waals surface area contributed by atoms with Crippen molar-refractivity contribution in [1.29, 1.82) is 0 Å². The van der Waals surface area contributed by atoms with Crippen molar-refractivity contribution in [2.45, 2.75) is 12.8 Å². The highest BCUT2D eigenvalue weighted by Crippen LogP contribution is 2.27. The van der Waals surface area contributed by atoms with Gasteiger partial charge >= 0.3 is 0 Å². The maximum Gasteiger partial charge on any atom is 0.224 e. The molecule has 0 spiro atoms. The summed E-state index contributed by atoms with van der Waals surface area (Å²) < 4.78 is 5.24. The second-order valence-corrected chi connectivity index (χ2v) is 6.15. The number of nitrogens with zero attached hydrogens (tertiary/aromatic N) is 1. The lowest BCUT2D eigenvalue weighted by atomic mass is 10.2. The van der Waals surface area contributed by atoms with Crippen LogP contribution in [-0.2, 0) is 11.2 Å². The number of carbonyl (C=O) groups is 1. The van der Waals surface area contributed by atoms with Gasteiger partial charge in [-0.1, -0.05) is 30.3 Å². The van der Waals surface area contributed by atoms with Crippen molar-refractivity contribution < 1.29 is 9.53 Å². The van der Waals surface area contributed by atoms with Gasteiger partial charge in [0.05, 0.1) is 12.8 Å². The number of benzene rings is 2. The van der Waals surface area contributed by atoms with Gasteiger partial charge in [0.1, 0.15) is 10.8 Å². The molecule has 0 aliphatic heterocycles. The Morgan fingerprint density at radius 3 is 2.79 bits per heavy atom.